The molecule has 15 heavy (non-hydrogen) atoms. The number of benzene rings is 1. The van der Waals surface area contributed by atoms with Crippen molar-refractivity contribution >= 4 is 52.5 Å². The van der Waals surface area contributed by atoms with Crippen LogP contribution >= 0.6 is 46.6 Å². The van der Waals surface area contributed by atoms with E-state index in [-0.39, 0.29) is 11.6 Å². The minimum absolute atomic E-state index is 0.164. The summed E-state index contributed by atoms with van der Waals surface area (Å²) in [4.78, 5) is 12.0. The van der Waals surface area contributed by atoms with Gasteiger partial charge in [0.2, 0.25) is 0 Å². The highest BCUT2D eigenvalue weighted by Gasteiger charge is 2.31. The van der Waals surface area contributed by atoms with Gasteiger partial charge in [-0.3, -0.25) is 0 Å². The number of esters is 1. The first-order valence-electron chi connectivity index (χ1n) is 3.98. The predicted octanol–water partition coefficient (Wildman–Crippen LogP) is 4.04. The van der Waals surface area contributed by atoms with Gasteiger partial charge in [-0.25, -0.2) is 4.79 Å². The summed E-state index contributed by atoms with van der Waals surface area (Å²) < 4.78 is 4.86. The van der Waals surface area contributed by atoms with E-state index < -0.39 is 5.97 Å². The molecular formula is C9H5Cl3O2S. The number of thioether (sulfide) groups is 1. The van der Waals surface area contributed by atoms with Crippen molar-refractivity contribution in [2.24, 2.45) is 0 Å². The van der Waals surface area contributed by atoms with Crippen molar-refractivity contribution < 1.29 is 9.53 Å². The minimum atomic E-state index is -0.466. The predicted molar refractivity (Wildman–Crippen MR) is 62.4 cm³/mol. The molecule has 0 aromatic heterocycles. The first-order valence-corrected chi connectivity index (χ1v) is 6.34. The van der Waals surface area contributed by atoms with Gasteiger partial charge in [0.05, 0.1) is 20.6 Å². The lowest BCUT2D eigenvalue weighted by Crippen LogP contribution is -1.96. The maximum atomic E-state index is 11.4. The Labute approximate surface area is 106 Å². The standard InChI is InChI=1S/C9H5Cl3O2S/c1-15-8-5(10)3-2-14-9(13)4(3)6(11)7(8)12/h2H2,1H3. The SMILES string of the molecule is CSc1c(Cl)c(Cl)c2c(c1Cl)COC2=O. The second-order valence-corrected chi connectivity index (χ2v) is 4.86. The molecule has 0 N–H and O–H groups in total. The smallest absolute Gasteiger partial charge is 0.340 e. The van der Waals surface area contributed by atoms with Crippen LogP contribution in [-0.2, 0) is 11.3 Å². The molecule has 0 bridgehead atoms. The normalized spacial score (nSPS) is 14.0. The number of hydrogen-bond donors (Lipinski definition) is 0. The van der Waals surface area contributed by atoms with Gasteiger partial charge in [0.15, 0.2) is 0 Å². The quantitative estimate of drug-likeness (QED) is 0.442. The van der Waals surface area contributed by atoms with Gasteiger partial charge in [-0.2, -0.15) is 0 Å². The second kappa shape index (κ2) is 4.06. The fourth-order valence-electron chi connectivity index (χ4n) is 1.42. The average molecular weight is 284 g/mol. The number of cyclic esters (lactones) is 1. The molecule has 1 aromatic rings. The molecule has 0 radical (unpaired) electrons. The molecule has 0 fully saturated rings. The van der Waals surface area contributed by atoms with Crippen molar-refractivity contribution in [3.63, 3.8) is 0 Å². The lowest BCUT2D eigenvalue weighted by Gasteiger charge is -2.09. The third-order valence-electron chi connectivity index (χ3n) is 2.13. The summed E-state index contributed by atoms with van der Waals surface area (Å²) in [6, 6.07) is 0. The van der Waals surface area contributed by atoms with Crippen molar-refractivity contribution in [3.8, 4) is 0 Å². The van der Waals surface area contributed by atoms with Gasteiger partial charge >= 0.3 is 5.97 Å². The van der Waals surface area contributed by atoms with E-state index in [0.29, 0.717) is 26.1 Å². The van der Waals surface area contributed by atoms with Crippen LogP contribution < -0.4 is 0 Å². The van der Waals surface area contributed by atoms with Crippen molar-refractivity contribution in [1.29, 1.82) is 0 Å². The van der Waals surface area contributed by atoms with Crippen molar-refractivity contribution in [2.45, 2.75) is 11.5 Å². The molecule has 1 aliphatic heterocycles. The fraction of sp³-hybridized carbons (Fsp3) is 0.222. The number of halogens is 3. The highest BCUT2D eigenvalue weighted by Crippen LogP contribution is 2.45. The Morgan fingerprint density at radius 2 is 1.87 bits per heavy atom. The van der Waals surface area contributed by atoms with Crippen LogP contribution in [0.5, 0.6) is 0 Å². The molecule has 2 rings (SSSR count). The third-order valence-corrected chi connectivity index (χ3v) is 4.44. The number of carbonyl (C=O) groups excluding carboxylic acids is 1. The zero-order chi connectivity index (χ0) is 11.2. The summed E-state index contributed by atoms with van der Waals surface area (Å²) in [5.74, 6) is -0.466. The molecule has 0 amide bonds. The van der Waals surface area contributed by atoms with Crippen LogP contribution in [0.1, 0.15) is 15.9 Å². The molecule has 2 nitrogen and oxygen atoms in total. The summed E-state index contributed by atoms with van der Waals surface area (Å²) in [6.07, 6.45) is 1.84. The molecule has 0 aliphatic carbocycles. The van der Waals surface area contributed by atoms with E-state index in [1.165, 1.54) is 11.8 Å². The average Bonchev–Trinajstić information content (AvgIpc) is 2.58. The van der Waals surface area contributed by atoms with E-state index in [9.17, 15) is 4.79 Å². The molecule has 0 unspecified atom stereocenters. The molecule has 1 aliphatic rings. The van der Waals surface area contributed by atoms with E-state index in [1.54, 1.807) is 0 Å². The highest BCUT2D eigenvalue weighted by molar-refractivity contribution is 7.98. The lowest BCUT2D eigenvalue weighted by molar-refractivity contribution is 0.0535. The first kappa shape index (κ1) is 11.4. The topological polar surface area (TPSA) is 26.3 Å². The Balaban J connectivity index is 2.80. The number of rotatable bonds is 1. The Morgan fingerprint density at radius 1 is 1.20 bits per heavy atom. The fourth-order valence-corrected chi connectivity index (χ4v) is 3.29. The molecule has 0 saturated carbocycles. The lowest BCUT2D eigenvalue weighted by atomic mass is 10.1. The van der Waals surface area contributed by atoms with Crippen LogP contribution in [0.25, 0.3) is 0 Å². The van der Waals surface area contributed by atoms with E-state index in [2.05, 4.69) is 0 Å². The monoisotopic (exact) mass is 282 g/mol. The Hall–Kier alpha value is -0.0900. The van der Waals surface area contributed by atoms with Crippen molar-refractivity contribution in [1.82, 2.24) is 0 Å². The summed E-state index contributed by atoms with van der Waals surface area (Å²) in [6.45, 7) is 0.164. The summed E-state index contributed by atoms with van der Waals surface area (Å²) in [5, 5.41) is 0.993. The van der Waals surface area contributed by atoms with Gasteiger partial charge in [-0.1, -0.05) is 34.8 Å². The Morgan fingerprint density at radius 3 is 2.47 bits per heavy atom. The van der Waals surface area contributed by atoms with Crippen molar-refractivity contribution in [3.05, 3.63) is 26.2 Å². The maximum absolute atomic E-state index is 11.4. The number of carbonyl (C=O) groups is 1. The number of fused-ring (bicyclic) bond motifs is 1. The zero-order valence-electron chi connectivity index (χ0n) is 7.57. The molecular weight excluding hydrogens is 279 g/mol. The summed E-state index contributed by atoms with van der Waals surface area (Å²) >= 11 is 19.5. The van der Waals surface area contributed by atoms with Gasteiger partial charge < -0.3 is 4.74 Å². The minimum Gasteiger partial charge on any atom is -0.457 e. The van der Waals surface area contributed by atoms with E-state index in [4.69, 9.17) is 39.5 Å². The Bertz CT molecular complexity index is 459. The summed E-state index contributed by atoms with van der Waals surface area (Å²) in [7, 11) is 0. The van der Waals surface area contributed by atoms with Crippen molar-refractivity contribution in [2.75, 3.05) is 6.26 Å². The van der Waals surface area contributed by atoms with Crippen LogP contribution in [0.15, 0.2) is 4.90 Å². The molecule has 6 heteroatoms. The summed E-state index contributed by atoms with van der Waals surface area (Å²) in [5.41, 5.74) is 0.921. The number of hydrogen-bond acceptors (Lipinski definition) is 3. The first-order chi connectivity index (χ1) is 7.07. The second-order valence-electron chi connectivity index (χ2n) is 2.90. The van der Waals surface area contributed by atoms with Crippen LogP contribution in [-0.4, -0.2) is 12.2 Å². The molecule has 1 heterocycles. The van der Waals surface area contributed by atoms with Gasteiger partial charge in [0.25, 0.3) is 0 Å². The molecule has 0 atom stereocenters. The van der Waals surface area contributed by atoms with Gasteiger partial charge in [0, 0.05) is 10.5 Å². The number of ether oxygens (including phenoxy) is 1. The van der Waals surface area contributed by atoms with Crippen LogP contribution in [0.4, 0.5) is 0 Å². The molecule has 1 aromatic carbocycles. The van der Waals surface area contributed by atoms with Gasteiger partial charge in [0.1, 0.15) is 6.61 Å². The van der Waals surface area contributed by atoms with Gasteiger partial charge in [-0.15, -0.1) is 11.8 Å². The van der Waals surface area contributed by atoms with Gasteiger partial charge in [-0.05, 0) is 6.26 Å². The largest absolute Gasteiger partial charge is 0.457 e. The van der Waals surface area contributed by atoms with Crippen LogP contribution in [0.3, 0.4) is 0 Å². The third kappa shape index (κ3) is 1.62. The van der Waals surface area contributed by atoms with Crippen LogP contribution in [0, 0.1) is 0 Å². The van der Waals surface area contributed by atoms with E-state index in [1.807, 2.05) is 6.26 Å². The molecule has 0 saturated heterocycles. The highest BCUT2D eigenvalue weighted by atomic mass is 35.5. The molecule has 0 spiro atoms. The van der Waals surface area contributed by atoms with E-state index >= 15 is 0 Å². The van der Waals surface area contributed by atoms with E-state index in [0.717, 1.165) is 0 Å². The maximum Gasteiger partial charge on any atom is 0.340 e. The zero-order valence-corrected chi connectivity index (χ0v) is 10.7. The Kier molecular flexibility index (Phi) is 3.08. The molecule has 80 valence electrons. The van der Waals surface area contributed by atoms with Crippen LogP contribution in [0.2, 0.25) is 15.1 Å².